The first kappa shape index (κ1) is 23.5. The fraction of sp³-hybridized carbons (Fsp3) is 0.393. The summed E-state index contributed by atoms with van der Waals surface area (Å²) in [5.41, 5.74) is 5.18. The van der Waals surface area contributed by atoms with Gasteiger partial charge in [-0.3, -0.25) is 9.59 Å². The highest BCUT2D eigenvalue weighted by Gasteiger charge is 2.39. The first-order chi connectivity index (χ1) is 16.9. The molecule has 5 rings (SSSR count). The van der Waals surface area contributed by atoms with Gasteiger partial charge in [0.05, 0.1) is 6.04 Å². The van der Waals surface area contributed by atoms with Crippen LogP contribution in [0.5, 0.6) is 5.75 Å². The van der Waals surface area contributed by atoms with Gasteiger partial charge in [-0.1, -0.05) is 35.9 Å². The molecule has 2 heterocycles. The van der Waals surface area contributed by atoms with Crippen LogP contribution in [-0.2, 0) is 17.8 Å². The molecule has 1 saturated carbocycles. The molecule has 1 aromatic heterocycles. The standard InChI is InChI=1S/C28H31N3O3S/c1-4-30(3)28(33)24-17-35-25(29-24)16-34-22-12-11-19-13-14-31(27(32)21-9-10-21)26(23(19)15-22)20-7-5-18(2)6-8-20/h5-8,11-12,15,17,21,26H,4,9-10,13-14,16H2,1-3H3/t26-/m1/s1. The summed E-state index contributed by atoms with van der Waals surface area (Å²) in [6, 6.07) is 14.6. The van der Waals surface area contributed by atoms with Gasteiger partial charge in [-0.2, -0.15) is 0 Å². The second kappa shape index (κ2) is 9.82. The van der Waals surface area contributed by atoms with Crippen molar-refractivity contribution in [2.24, 2.45) is 5.92 Å². The summed E-state index contributed by atoms with van der Waals surface area (Å²) >= 11 is 1.43. The Morgan fingerprint density at radius 3 is 2.66 bits per heavy atom. The van der Waals surface area contributed by atoms with E-state index in [1.807, 2.05) is 13.0 Å². The summed E-state index contributed by atoms with van der Waals surface area (Å²) in [6.45, 7) is 5.69. The molecule has 1 aliphatic carbocycles. The summed E-state index contributed by atoms with van der Waals surface area (Å²) in [6.07, 6.45) is 2.84. The van der Waals surface area contributed by atoms with Gasteiger partial charge < -0.3 is 14.5 Å². The van der Waals surface area contributed by atoms with E-state index >= 15 is 0 Å². The van der Waals surface area contributed by atoms with Crippen LogP contribution in [0.15, 0.2) is 47.8 Å². The van der Waals surface area contributed by atoms with Gasteiger partial charge in [0.25, 0.3) is 5.91 Å². The number of carbonyl (C=O) groups is 2. The summed E-state index contributed by atoms with van der Waals surface area (Å²) in [5, 5.41) is 2.55. The van der Waals surface area contributed by atoms with Gasteiger partial charge in [0.2, 0.25) is 5.91 Å². The van der Waals surface area contributed by atoms with Gasteiger partial charge in [-0.15, -0.1) is 11.3 Å². The largest absolute Gasteiger partial charge is 0.486 e. The number of thiazole rings is 1. The van der Waals surface area contributed by atoms with Gasteiger partial charge in [0.1, 0.15) is 23.1 Å². The van der Waals surface area contributed by atoms with Crippen molar-refractivity contribution in [1.29, 1.82) is 0 Å². The van der Waals surface area contributed by atoms with E-state index in [4.69, 9.17) is 4.74 Å². The van der Waals surface area contributed by atoms with Crippen LogP contribution >= 0.6 is 11.3 Å². The molecule has 7 heteroatoms. The van der Waals surface area contributed by atoms with Gasteiger partial charge >= 0.3 is 0 Å². The lowest BCUT2D eigenvalue weighted by molar-refractivity contribution is -0.134. The number of carbonyl (C=O) groups excluding carboxylic acids is 2. The average Bonchev–Trinajstić information content (AvgIpc) is 3.63. The highest BCUT2D eigenvalue weighted by molar-refractivity contribution is 7.09. The molecule has 1 aliphatic heterocycles. The Labute approximate surface area is 210 Å². The molecular weight excluding hydrogens is 458 g/mol. The number of amides is 2. The molecule has 0 unspecified atom stereocenters. The van der Waals surface area contributed by atoms with Crippen molar-refractivity contribution in [3.8, 4) is 5.75 Å². The van der Waals surface area contributed by atoms with E-state index in [1.54, 1.807) is 17.3 Å². The topological polar surface area (TPSA) is 62.7 Å². The molecular formula is C28H31N3O3S. The first-order valence-corrected chi connectivity index (χ1v) is 13.1. The minimum Gasteiger partial charge on any atom is -0.486 e. The summed E-state index contributed by atoms with van der Waals surface area (Å²) in [4.78, 5) is 33.7. The van der Waals surface area contributed by atoms with E-state index in [0.29, 0.717) is 18.8 Å². The SMILES string of the molecule is CCN(C)C(=O)c1csc(COc2ccc3c(c2)[C@@H](c2ccc(C)cc2)N(C(=O)C2CC2)CC3)n1. The van der Waals surface area contributed by atoms with Crippen molar-refractivity contribution in [2.45, 2.75) is 45.8 Å². The summed E-state index contributed by atoms with van der Waals surface area (Å²) in [5.74, 6) is 1.11. The van der Waals surface area contributed by atoms with E-state index in [1.165, 1.54) is 22.5 Å². The predicted molar refractivity (Wildman–Crippen MR) is 137 cm³/mol. The average molecular weight is 490 g/mol. The van der Waals surface area contributed by atoms with Crippen LogP contribution in [0, 0.1) is 12.8 Å². The Balaban J connectivity index is 1.39. The smallest absolute Gasteiger partial charge is 0.273 e. The molecule has 1 atom stereocenters. The Morgan fingerprint density at radius 1 is 1.17 bits per heavy atom. The fourth-order valence-electron chi connectivity index (χ4n) is 4.55. The Morgan fingerprint density at radius 2 is 1.94 bits per heavy atom. The lowest BCUT2D eigenvalue weighted by Crippen LogP contribution is -2.41. The lowest BCUT2D eigenvalue weighted by atomic mass is 9.87. The van der Waals surface area contributed by atoms with Crippen LogP contribution in [0.3, 0.4) is 0 Å². The molecule has 0 N–H and O–H groups in total. The normalized spacial score (nSPS) is 17.1. The van der Waals surface area contributed by atoms with Crippen molar-refractivity contribution in [3.05, 3.63) is 80.8 Å². The fourth-order valence-corrected chi connectivity index (χ4v) is 5.23. The van der Waals surface area contributed by atoms with E-state index in [-0.39, 0.29) is 23.8 Å². The summed E-state index contributed by atoms with van der Waals surface area (Å²) in [7, 11) is 1.77. The van der Waals surface area contributed by atoms with Gasteiger partial charge in [0, 0.05) is 31.4 Å². The number of benzene rings is 2. The van der Waals surface area contributed by atoms with Gasteiger partial charge in [-0.05, 0) is 61.9 Å². The Bertz CT molecular complexity index is 1230. The number of hydrogen-bond donors (Lipinski definition) is 0. The zero-order chi connectivity index (χ0) is 24.5. The van der Waals surface area contributed by atoms with Crippen molar-refractivity contribution in [2.75, 3.05) is 20.1 Å². The van der Waals surface area contributed by atoms with Crippen LogP contribution in [0.25, 0.3) is 0 Å². The molecule has 2 amide bonds. The lowest BCUT2D eigenvalue weighted by Gasteiger charge is -2.38. The van der Waals surface area contributed by atoms with Crippen molar-refractivity contribution in [1.82, 2.24) is 14.8 Å². The molecule has 1 fully saturated rings. The van der Waals surface area contributed by atoms with E-state index in [9.17, 15) is 9.59 Å². The van der Waals surface area contributed by atoms with Crippen LogP contribution in [-0.4, -0.2) is 46.7 Å². The van der Waals surface area contributed by atoms with Crippen molar-refractivity contribution >= 4 is 23.2 Å². The molecule has 2 aromatic carbocycles. The zero-order valence-corrected chi connectivity index (χ0v) is 21.3. The van der Waals surface area contributed by atoms with Crippen LogP contribution in [0.4, 0.5) is 0 Å². The summed E-state index contributed by atoms with van der Waals surface area (Å²) < 4.78 is 6.12. The maximum absolute atomic E-state index is 13.2. The molecule has 35 heavy (non-hydrogen) atoms. The number of rotatable bonds is 7. The minimum absolute atomic E-state index is 0.0786. The monoisotopic (exact) mass is 489 g/mol. The van der Waals surface area contributed by atoms with E-state index in [0.717, 1.165) is 47.7 Å². The molecule has 0 saturated heterocycles. The number of aromatic nitrogens is 1. The molecule has 3 aromatic rings. The predicted octanol–water partition coefficient (Wildman–Crippen LogP) is 5.01. The van der Waals surface area contributed by atoms with E-state index < -0.39 is 0 Å². The number of fused-ring (bicyclic) bond motifs is 1. The third kappa shape index (κ3) is 4.96. The third-order valence-electron chi connectivity index (χ3n) is 6.90. The van der Waals surface area contributed by atoms with Crippen LogP contribution < -0.4 is 4.74 Å². The first-order valence-electron chi connectivity index (χ1n) is 12.3. The zero-order valence-electron chi connectivity index (χ0n) is 20.5. The molecule has 6 nitrogen and oxygen atoms in total. The van der Waals surface area contributed by atoms with Gasteiger partial charge in [0.15, 0.2) is 0 Å². The van der Waals surface area contributed by atoms with Crippen molar-refractivity contribution in [3.63, 3.8) is 0 Å². The quantitative estimate of drug-likeness (QED) is 0.468. The third-order valence-corrected chi connectivity index (χ3v) is 7.72. The molecule has 0 spiro atoms. The molecule has 182 valence electrons. The van der Waals surface area contributed by atoms with Crippen LogP contribution in [0.1, 0.15) is 63.6 Å². The molecule has 2 aliphatic rings. The molecule has 0 radical (unpaired) electrons. The van der Waals surface area contributed by atoms with Crippen molar-refractivity contribution < 1.29 is 14.3 Å². The molecule has 0 bridgehead atoms. The van der Waals surface area contributed by atoms with Gasteiger partial charge in [-0.25, -0.2) is 4.98 Å². The van der Waals surface area contributed by atoms with Crippen LogP contribution in [0.2, 0.25) is 0 Å². The maximum atomic E-state index is 13.2. The minimum atomic E-state index is -0.107. The Hall–Kier alpha value is -3.19. The number of ether oxygens (including phenoxy) is 1. The second-order valence-electron chi connectivity index (χ2n) is 9.46. The highest BCUT2D eigenvalue weighted by Crippen LogP contribution is 2.41. The maximum Gasteiger partial charge on any atom is 0.273 e. The number of nitrogens with zero attached hydrogens (tertiary/aromatic N) is 3. The van der Waals surface area contributed by atoms with E-state index in [2.05, 4.69) is 53.2 Å². The highest BCUT2D eigenvalue weighted by atomic mass is 32.1. The second-order valence-corrected chi connectivity index (χ2v) is 10.4. The number of hydrogen-bond acceptors (Lipinski definition) is 5. The number of aryl methyl sites for hydroxylation is 1. The Kier molecular flexibility index (Phi) is 6.60.